The van der Waals surface area contributed by atoms with Crippen molar-refractivity contribution in [2.24, 2.45) is 17.3 Å². The van der Waals surface area contributed by atoms with Crippen LogP contribution in [0.25, 0.3) is 0 Å². The maximum absolute atomic E-state index is 9.64. The summed E-state index contributed by atoms with van der Waals surface area (Å²) >= 11 is 0. The van der Waals surface area contributed by atoms with Gasteiger partial charge in [0, 0.05) is 24.6 Å². The molecule has 1 saturated carbocycles. The molecule has 2 atom stereocenters. The molecule has 2 heteroatoms. The molecule has 1 aliphatic rings. The minimum absolute atomic E-state index is 0.0962. The Morgan fingerprint density at radius 3 is 2.28 bits per heavy atom. The molecular formula is C16H33NO. The first-order chi connectivity index (χ1) is 8.58. The minimum atomic E-state index is 0.0962. The van der Waals surface area contributed by atoms with Crippen LogP contribution in [0.15, 0.2) is 0 Å². The second-order valence-corrected chi connectivity index (χ2v) is 6.54. The van der Waals surface area contributed by atoms with Crippen LogP contribution in [-0.2, 0) is 0 Å². The van der Waals surface area contributed by atoms with Gasteiger partial charge in [-0.05, 0) is 37.5 Å². The standard InChI is InChI=1S/C16H33NO/c1-5-16(6-2,12-18)11-17-15-10-8-7-9-14(15)13(3)4/h13-15,17-18H,5-12H2,1-4H3. The quantitative estimate of drug-likeness (QED) is 0.728. The van der Waals surface area contributed by atoms with E-state index in [0.717, 1.165) is 31.2 Å². The molecule has 0 saturated heterocycles. The second-order valence-electron chi connectivity index (χ2n) is 6.54. The third-order valence-corrected chi connectivity index (χ3v) is 5.25. The van der Waals surface area contributed by atoms with Crippen LogP contribution in [0.3, 0.4) is 0 Å². The Labute approximate surface area is 114 Å². The molecule has 0 aromatic rings. The van der Waals surface area contributed by atoms with Crippen LogP contribution in [0, 0.1) is 17.3 Å². The predicted octanol–water partition coefficient (Wildman–Crippen LogP) is 3.59. The van der Waals surface area contributed by atoms with Crippen LogP contribution in [-0.4, -0.2) is 24.3 Å². The molecule has 1 aliphatic carbocycles. The first-order valence-corrected chi connectivity index (χ1v) is 7.92. The maximum Gasteiger partial charge on any atom is 0.0499 e. The predicted molar refractivity (Wildman–Crippen MR) is 78.7 cm³/mol. The Kier molecular flexibility index (Phi) is 6.65. The van der Waals surface area contributed by atoms with Gasteiger partial charge in [-0.1, -0.05) is 40.5 Å². The van der Waals surface area contributed by atoms with Gasteiger partial charge in [0.1, 0.15) is 0 Å². The molecule has 1 rings (SSSR count). The van der Waals surface area contributed by atoms with Crippen molar-refractivity contribution in [3.8, 4) is 0 Å². The third kappa shape index (κ3) is 3.96. The smallest absolute Gasteiger partial charge is 0.0499 e. The van der Waals surface area contributed by atoms with Crippen molar-refractivity contribution in [3.63, 3.8) is 0 Å². The summed E-state index contributed by atoms with van der Waals surface area (Å²) < 4.78 is 0. The Hall–Kier alpha value is -0.0800. The normalized spacial score (nSPS) is 25.7. The molecule has 2 nitrogen and oxygen atoms in total. The van der Waals surface area contributed by atoms with Gasteiger partial charge in [-0.15, -0.1) is 0 Å². The van der Waals surface area contributed by atoms with Crippen LogP contribution in [0.1, 0.15) is 66.2 Å². The zero-order chi connectivity index (χ0) is 13.6. The molecule has 1 fully saturated rings. The molecular weight excluding hydrogens is 222 g/mol. The van der Waals surface area contributed by atoms with Gasteiger partial charge in [-0.2, -0.15) is 0 Å². The van der Waals surface area contributed by atoms with Gasteiger partial charge in [0.05, 0.1) is 0 Å². The fourth-order valence-corrected chi connectivity index (χ4v) is 3.34. The van der Waals surface area contributed by atoms with Crippen molar-refractivity contribution >= 4 is 0 Å². The molecule has 0 amide bonds. The van der Waals surface area contributed by atoms with E-state index in [0.29, 0.717) is 12.6 Å². The van der Waals surface area contributed by atoms with Gasteiger partial charge in [0.25, 0.3) is 0 Å². The number of rotatable bonds is 7. The average molecular weight is 255 g/mol. The van der Waals surface area contributed by atoms with Gasteiger partial charge in [-0.3, -0.25) is 0 Å². The Bertz CT molecular complexity index is 215. The summed E-state index contributed by atoms with van der Waals surface area (Å²) in [6, 6.07) is 0.669. The van der Waals surface area contributed by atoms with E-state index in [-0.39, 0.29) is 5.41 Å². The summed E-state index contributed by atoms with van der Waals surface area (Å²) in [6.45, 7) is 10.4. The van der Waals surface area contributed by atoms with Crippen molar-refractivity contribution in [3.05, 3.63) is 0 Å². The van der Waals surface area contributed by atoms with Crippen LogP contribution >= 0.6 is 0 Å². The molecule has 108 valence electrons. The molecule has 18 heavy (non-hydrogen) atoms. The molecule has 0 spiro atoms. The molecule has 0 radical (unpaired) electrons. The number of hydrogen-bond donors (Lipinski definition) is 2. The van der Waals surface area contributed by atoms with Crippen LogP contribution in [0.4, 0.5) is 0 Å². The molecule has 0 aromatic carbocycles. The van der Waals surface area contributed by atoms with Crippen molar-refractivity contribution < 1.29 is 5.11 Å². The lowest BCUT2D eigenvalue weighted by Gasteiger charge is -2.38. The van der Waals surface area contributed by atoms with Gasteiger partial charge in [0.15, 0.2) is 0 Å². The van der Waals surface area contributed by atoms with Crippen molar-refractivity contribution in [1.82, 2.24) is 5.32 Å². The lowest BCUT2D eigenvalue weighted by Crippen LogP contribution is -2.46. The molecule has 0 aromatic heterocycles. The van der Waals surface area contributed by atoms with E-state index >= 15 is 0 Å². The van der Waals surface area contributed by atoms with Crippen molar-refractivity contribution in [2.75, 3.05) is 13.2 Å². The number of nitrogens with one attached hydrogen (secondary N) is 1. The summed E-state index contributed by atoms with van der Waals surface area (Å²) in [5.74, 6) is 1.60. The van der Waals surface area contributed by atoms with Gasteiger partial charge < -0.3 is 10.4 Å². The van der Waals surface area contributed by atoms with Crippen LogP contribution < -0.4 is 5.32 Å². The first-order valence-electron chi connectivity index (χ1n) is 7.92. The van der Waals surface area contributed by atoms with Gasteiger partial charge in [0.2, 0.25) is 0 Å². The van der Waals surface area contributed by atoms with E-state index in [1.54, 1.807) is 0 Å². The molecule has 0 heterocycles. The highest BCUT2D eigenvalue weighted by atomic mass is 16.3. The highest BCUT2D eigenvalue weighted by Gasteiger charge is 2.31. The fourth-order valence-electron chi connectivity index (χ4n) is 3.34. The molecule has 0 bridgehead atoms. The van der Waals surface area contributed by atoms with E-state index in [2.05, 4.69) is 33.0 Å². The molecule has 2 N–H and O–H groups in total. The summed E-state index contributed by atoms with van der Waals surface area (Å²) in [6.07, 6.45) is 7.58. The Morgan fingerprint density at radius 2 is 1.78 bits per heavy atom. The van der Waals surface area contributed by atoms with Crippen LogP contribution in [0.2, 0.25) is 0 Å². The zero-order valence-electron chi connectivity index (χ0n) is 12.8. The number of aliphatic hydroxyl groups is 1. The van der Waals surface area contributed by atoms with Gasteiger partial charge in [-0.25, -0.2) is 0 Å². The topological polar surface area (TPSA) is 32.3 Å². The lowest BCUT2D eigenvalue weighted by atomic mass is 9.76. The van der Waals surface area contributed by atoms with E-state index in [1.165, 1.54) is 25.7 Å². The Balaban J connectivity index is 2.54. The lowest BCUT2D eigenvalue weighted by molar-refractivity contribution is 0.0975. The highest BCUT2D eigenvalue weighted by molar-refractivity contribution is 4.86. The maximum atomic E-state index is 9.64. The summed E-state index contributed by atoms with van der Waals surface area (Å²) in [4.78, 5) is 0. The van der Waals surface area contributed by atoms with E-state index in [1.807, 2.05) is 0 Å². The first kappa shape index (κ1) is 16.0. The number of aliphatic hydroxyl groups excluding tert-OH is 1. The van der Waals surface area contributed by atoms with Crippen LogP contribution in [0.5, 0.6) is 0 Å². The fraction of sp³-hybridized carbons (Fsp3) is 1.00. The summed E-state index contributed by atoms with van der Waals surface area (Å²) in [5, 5.41) is 13.4. The van der Waals surface area contributed by atoms with Crippen molar-refractivity contribution in [1.29, 1.82) is 0 Å². The van der Waals surface area contributed by atoms with E-state index < -0.39 is 0 Å². The Morgan fingerprint density at radius 1 is 1.17 bits per heavy atom. The SMILES string of the molecule is CCC(CC)(CO)CNC1CCCCC1C(C)C. The average Bonchev–Trinajstić information content (AvgIpc) is 2.41. The molecule has 0 aliphatic heterocycles. The monoisotopic (exact) mass is 255 g/mol. The van der Waals surface area contributed by atoms with Gasteiger partial charge >= 0.3 is 0 Å². The summed E-state index contributed by atoms with van der Waals surface area (Å²) in [5.41, 5.74) is 0.0962. The minimum Gasteiger partial charge on any atom is -0.396 e. The van der Waals surface area contributed by atoms with E-state index in [4.69, 9.17) is 0 Å². The zero-order valence-corrected chi connectivity index (χ0v) is 12.8. The largest absolute Gasteiger partial charge is 0.396 e. The number of hydrogen-bond acceptors (Lipinski definition) is 2. The molecule has 2 unspecified atom stereocenters. The highest BCUT2D eigenvalue weighted by Crippen LogP contribution is 2.31. The summed E-state index contributed by atoms with van der Waals surface area (Å²) in [7, 11) is 0. The second kappa shape index (κ2) is 7.49. The third-order valence-electron chi connectivity index (χ3n) is 5.25. The van der Waals surface area contributed by atoms with Crippen molar-refractivity contribution in [2.45, 2.75) is 72.3 Å². The van der Waals surface area contributed by atoms with E-state index in [9.17, 15) is 5.11 Å².